The Morgan fingerprint density at radius 1 is 1.13 bits per heavy atom. The molecule has 11 nitrogen and oxygen atoms in total. The molecule has 1 amide bonds. The molecular formula is C38H43Cl2N7O4S. The van der Waals surface area contributed by atoms with E-state index in [0.717, 1.165) is 61.7 Å². The number of anilines is 2. The summed E-state index contributed by atoms with van der Waals surface area (Å²) >= 11 is 12.7. The lowest BCUT2D eigenvalue weighted by molar-refractivity contribution is 0.0131. The van der Waals surface area contributed by atoms with E-state index in [4.69, 9.17) is 32.7 Å². The summed E-state index contributed by atoms with van der Waals surface area (Å²) in [6, 6.07) is 11.7. The van der Waals surface area contributed by atoms with Crippen molar-refractivity contribution in [1.29, 1.82) is 0 Å². The Labute approximate surface area is 314 Å². The van der Waals surface area contributed by atoms with Gasteiger partial charge in [-0.25, -0.2) is 9.19 Å². The van der Waals surface area contributed by atoms with Crippen molar-refractivity contribution in [3.63, 3.8) is 0 Å². The molecule has 6 atom stereocenters. The van der Waals surface area contributed by atoms with Crippen molar-refractivity contribution in [2.75, 3.05) is 42.2 Å². The molecule has 1 spiro atoms. The molecule has 14 heteroatoms. The number of rotatable bonds is 3. The van der Waals surface area contributed by atoms with Gasteiger partial charge in [-0.05, 0) is 109 Å². The van der Waals surface area contributed by atoms with Gasteiger partial charge in [0.25, 0.3) is 5.91 Å². The maximum Gasteiger partial charge on any atom is 0.286 e. The van der Waals surface area contributed by atoms with Crippen LogP contribution in [0.25, 0.3) is 11.0 Å². The fraction of sp³-hybridized carbons (Fsp3) is 0.474. The van der Waals surface area contributed by atoms with E-state index in [1.807, 2.05) is 25.1 Å². The van der Waals surface area contributed by atoms with Gasteiger partial charge in [0.05, 0.1) is 30.3 Å². The molecule has 4 heterocycles. The van der Waals surface area contributed by atoms with Crippen LogP contribution in [0.1, 0.15) is 60.5 Å². The van der Waals surface area contributed by atoms with Crippen molar-refractivity contribution in [3.05, 3.63) is 81.7 Å². The molecule has 1 unspecified atom stereocenters. The molecule has 1 saturated carbocycles. The first-order chi connectivity index (χ1) is 25.0. The number of nitrogens with zero attached hydrogens (tertiary/aromatic N) is 6. The van der Waals surface area contributed by atoms with E-state index in [0.29, 0.717) is 41.5 Å². The number of carbonyl (C=O) groups is 1. The van der Waals surface area contributed by atoms with Crippen LogP contribution in [-0.2, 0) is 33.5 Å². The Kier molecular flexibility index (Phi) is 9.46. The number of ether oxygens (including phenoxy) is 2. The average Bonchev–Trinajstić information content (AvgIpc) is 3.39. The smallest absolute Gasteiger partial charge is 0.286 e. The molecule has 2 aromatic carbocycles. The second kappa shape index (κ2) is 13.9. The van der Waals surface area contributed by atoms with Crippen molar-refractivity contribution < 1.29 is 18.5 Å². The van der Waals surface area contributed by atoms with Crippen molar-refractivity contribution >= 4 is 61.6 Å². The maximum atomic E-state index is 14.9. The second-order valence-electron chi connectivity index (χ2n) is 14.9. The lowest BCUT2D eigenvalue weighted by atomic mass is 9.68. The summed E-state index contributed by atoms with van der Waals surface area (Å²) in [5.74, 6) is 0.999. The van der Waals surface area contributed by atoms with E-state index in [1.165, 1.54) is 11.1 Å². The van der Waals surface area contributed by atoms with Crippen LogP contribution in [-0.4, -0.2) is 68.5 Å². The van der Waals surface area contributed by atoms with Gasteiger partial charge in [-0.3, -0.25) is 14.2 Å². The molecule has 2 aliphatic carbocycles. The monoisotopic (exact) mass is 763 g/mol. The number of aryl methyl sites for hydroxylation is 2. The van der Waals surface area contributed by atoms with Crippen molar-refractivity contribution in [2.45, 2.75) is 57.0 Å². The maximum absolute atomic E-state index is 14.9. The number of hydrogen-bond acceptors (Lipinski definition) is 8. The van der Waals surface area contributed by atoms with Crippen LogP contribution in [0.2, 0.25) is 10.3 Å². The number of amides is 1. The Bertz CT molecular complexity index is 2200. The Hall–Kier alpha value is -3.71. The molecule has 4 aliphatic rings. The SMILES string of the molecule is CO[C@H]1/C=C\C[C@H](C)CS(=O)(Nc2nc(Cl)nc3cn(C)nc23)=NC(=O)c2ccc3c(c2)N(C[C@@H]2CC[C@H]21)C[C@@]1(CCCc2cc(Cl)ccc21)CO3. The summed E-state index contributed by atoms with van der Waals surface area (Å²) in [4.78, 5) is 25.2. The average molecular weight is 765 g/mol. The summed E-state index contributed by atoms with van der Waals surface area (Å²) in [6.45, 7) is 4.03. The first-order valence-corrected chi connectivity index (χ1v) is 20.4. The zero-order chi connectivity index (χ0) is 36.2. The molecule has 4 aromatic rings. The molecule has 8 rings (SSSR count). The molecule has 2 bridgehead atoms. The third-order valence-electron chi connectivity index (χ3n) is 11.2. The van der Waals surface area contributed by atoms with Gasteiger partial charge in [-0.2, -0.15) is 10.1 Å². The molecule has 52 heavy (non-hydrogen) atoms. The number of nitrogens with one attached hydrogen (secondary N) is 1. The van der Waals surface area contributed by atoms with E-state index >= 15 is 0 Å². The minimum absolute atomic E-state index is 0.0336. The van der Waals surface area contributed by atoms with Gasteiger partial charge in [-0.15, -0.1) is 4.36 Å². The van der Waals surface area contributed by atoms with Gasteiger partial charge in [0.1, 0.15) is 21.2 Å². The predicted octanol–water partition coefficient (Wildman–Crippen LogP) is 7.42. The van der Waals surface area contributed by atoms with Crippen LogP contribution >= 0.6 is 23.2 Å². The third kappa shape index (κ3) is 6.79. The fourth-order valence-electron chi connectivity index (χ4n) is 8.59. The van der Waals surface area contributed by atoms with Crippen LogP contribution in [0.15, 0.2) is 59.1 Å². The number of fused-ring (bicyclic) bond motifs is 5. The van der Waals surface area contributed by atoms with Crippen LogP contribution in [0.4, 0.5) is 11.5 Å². The minimum atomic E-state index is -3.44. The van der Waals surface area contributed by atoms with Crippen molar-refractivity contribution in [1.82, 2.24) is 19.7 Å². The summed E-state index contributed by atoms with van der Waals surface area (Å²) in [5.41, 5.74) is 4.33. The van der Waals surface area contributed by atoms with Gasteiger partial charge in [0, 0.05) is 43.2 Å². The van der Waals surface area contributed by atoms with E-state index in [2.05, 4.69) is 53.3 Å². The standard InChI is InChI=1S/C38H43Cl2N7O4S/c1-23-6-4-8-32(50-3)28-12-9-26(28)18-47-21-38(15-5-7-24-16-27(39)11-13-29(24)38)22-51-33-14-10-25(17-31(33)47)36(48)45-52(49,20-23)44-35-34-30(19-46(2)43-34)41-37(40)42-35/h4,8,10-11,13-14,16-17,19,23,26,28,32H,5-7,9,12,15,18,20-22H2,1-3H3,(H,41,42,44,45,48,49)/b8-4-/t23-,26-,28+,32-,38-,52?/m0/s1. The number of allylic oxidation sites excluding steroid dienone is 1. The molecular weight excluding hydrogens is 721 g/mol. The fourth-order valence-corrected chi connectivity index (χ4v) is 10.9. The molecule has 0 radical (unpaired) electrons. The van der Waals surface area contributed by atoms with Crippen LogP contribution in [0.5, 0.6) is 5.75 Å². The third-order valence-corrected chi connectivity index (χ3v) is 13.6. The van der Waals surface area contributed by atoms with E-state index in [-0.39, 0.29) is 34.3 Å². The van der Waals surface area contributed by atoms with Crippen LogP contribution < -0.4 is 14.4 Å². The molecule has 274 valence electrons. The lowest BCUT2D eigenvalue weighted by Gasteiger charge is -2.46. The molecule has 2 aliphatic heterocycles. The number of methoxy groups -OCH3 is 1. The molecule has 1 N–H and O–H groups in total. The van der Waals surface area contributed by atoms with Crippen LogP contribution in [0, 0.1) is 17.8 Å². The zero-order valence-electron chi connectivity index (χ0n) is 29.6. The quantitative estimate of drug-likeness (QED) is 0.169. The molecule has 0 saturated heterocycles. The number of benzene rings is 2. The Balaban J connectivity index is 1.23. The number of hydrogen-bond donors (Lipinski definition) is 1. The van der Waals surface area contributed by atoms with Gasteiger partial charge >= 0.3 is 0 Å². The summed E-state index contributed by atoms with van der Waals surface area (Å²) in [5, 5.41) is 5.17. The van der Waals surface area contributed by atoms with Gasteiger partial charge < -0.3 is 14.4 Å². The summed E-state index contributed by atoms with van der Waals surface area (Å²) in [6.07, 6.45) is 11.7. The Morgan fingerprint density at radius 2 is 2.00 bits per heavy atom. The van der Waals surface area contributed by atoms with Crippen molar-refractivity contribution in [2.24, 2.45) is 29.2 Å². The van der Waals surface area contributed by atoms with Gasteiger partial charge in [0.15, 0.2) is 11.3 Å². The first kappa shape index (κ1) is 35.3. The van der Waals surface area contributed by atoms with Gasteiger partial charge in [-0.1, -0.05) is 36.7 Å². The largest absolute Gasteiger partial charge is 0.490 e. The highest BCUT2D eigenvalue weighted by atomic mass is 35.5. The van der Waals surface area contributed by atoms with Crippen molar-refractivity contribution in [3.8, 4) is 5.75 Å². The van der Waals surface area contributed by atoms with E-state index in [1.54, 1.807) is 31.1 Å². The topological polar surface area (TPSA) is 124 Å². The minimum Gasteiger partial charge on any atom is -0.490 e. The van der Waals surface area contributed by atoms with Gasteiger partial charge in [0.2, 0.25) is 5.28 Å². The molecule has 2 aromatic heterocycles. The zero-order valence-corrected chi connectivity index (χ0v) is 31.9. The van der Waals surface area contributed by atoms with E-state index < -0.39 is 15.8 Å². The molecule has 1 fully saturated rings. The normalized spacial score (nSPS) is 29.6. The highest BCUT2D eigenvalue weighted by Crippen LogP contribution is 2.47. The first-order valence-electron chi connectivity index (χ1n) is 18.0. The van der Waals surface area contributed by atoms with Crippen LogP contribution in [0.3, 0.4) is 0 Å². The predicted molar refractivity (Wildman–Crippen MR) is 205 cm³/mol. The number of carbonyl (C=O) groups excluding carboxylic acids is 1. The number of halogens is 2. The highest BCUT2D eigenvalue weighted by Gasteiger charge is 2.44. The Morgan fingerprint density at radius 3 is 2.81 bits per heavy atom. The summed E-state index contributed by atoms with van der Waals surface area (Å²) in [7, 11) is 0.0909. The highest BCUT2D eigenvalue weighted by molar-refractivity contribution is 7.95. The van der Waals surface area contributed by atoms with E-state index in [9.17, 15) is 9.00 Å². The number of aromatic nitrogens is 4. The summed E-state index contributed by atoms with van der Waals surface area (Å²) < 4.78 is 36.6. The second-order valence-corrected chi connectivity index (χ2v) is 17.7. The lowest BCUT2D eigenvalue weighted by Crippen LogP contribution is -2.49.